The highest BCUT2D eigenvalue weighted by atomic mass is 35.5. The second-order valence-electron chi connectivity index (χ2n) is 3.78. The summed E-state index contributed by atoms with van der Waals surface area (Å²) in [5, 5.41) is 11.7. The maximum atomic E-state index is 11.4. The number of hydrogen-bond acceptors (Lipinski definition) is 4. The Bertz CT molecular complexity index is 590. The average molecular weight is 279 g/mol. The highest BCUT2D eigenvalue weighted by molar-refractivity contribution is 6.32. The number of nitrogens with zero attached hydrogens (tertiary/aromatic N) is 1. The number of likely N-dealkylation sites (N-methyl/N-ethyl adjacent to an activating group) is 1. The summed E-state index contributed by atoms with van der Waals surface area (Å²) in [6.07, 6.45) is 1.45. The molecule has 1 aliphatic rings. The molecule has 6 heteroatoms. The Hall–Kier alpha value is -2.19. The zero-order valence-corrected chi connectivity index (χ0v) is 11.0. The van der Waals surface area contributed by atoms with E-state index < -0.39 is 5.91 Å². The molecule has 0 unspecified atom stereocenters. The molecule has 0 atom stereocenters. The predicted octanol–water partition coefficient (Wildman–Crippen LogP) is 1.76. The molecule has 0 aliphatic carbocycles. The lowest BCUT2D eigenvalue weighted by Gasteiger charge is -2.19. The number of fused-ring (bicyclic) bond motifs is 1. The van der Waals surface area contributed by atoms with E-state index in [1.165, 1.54) is 13.1 Å². The highest BCUT2D eigenvalue weighted by Crippen LogP contribution is 2.38. The first kappa shape index (κ1) is 13.2. The Morgan fingerprint density at radius 3 is 2.89 bits per heavy atom. The molecule has 1 aromatic carbocycles. The van der Waals surface area contributed by atoms with Crippen molar-refractivity contribution in [2.24, 2.45) is 0 Å². The Kier molecular flexibility index (Phi) is 3.93. The molecule has 1 aromatic rings. The summed E-state index contributed by atoms with van der Waals surface area (Å²) in [6, 6.07) is 5.14. The van der Waals surface area contributed by atoms with Gasteiger partial charge in [0.05, 0.1) is 5.02 Å². The molecule has 0 spiro atoms. The van der Waals surface area contributed by atoms with E-state index in [9.17, 15) is 4.79 Å². The predicted molar refractivity (Wildman–Crippen MR) is 70.1 cm³/mol. The van der Waals surface area contributed by atoms with Crippen LogP contribution in [-0.4, -0.2) is 26.2 Å². The third-order valence-electron chi connectivity index (χ3n) is 2.52. The maximum absolute atomic E-state index is 11.4. The lowest BCUT2D eigenvalue weighted by atomic mass is 10.1. The molecule has 0 fully saturated rings. The van der Waals surface area contributed by atoms with Crippen molar-refractivity contribution in [1.82, 2.24) is 5.32 Å². The molecular formula is C13H11ClN2O3. The molecule has 0 bridgehead atoms. The third-order valence-corrected chi connectivity index (χ3v) is 2.80. The average Bonchev–Trinajstić information content (AvgIpc) is 2.44. The van der Waals surface area contributed by atoms with Gasteiger partial charge in [0.25, 0.3) is 5.91 Å². The van der Waals surface area contributed by atoms with E-state index in [2.05, 4.69) is 5.32 Å². The van der Waals surface area contributed by atoms with E-state index in [0.29, 0.717) is 35.3 Å². The van der Waals surface area contributed by atoms with Crippen LogP contribution in [0.1, 0.15) is 5.56 Å². The zero-order chi connectivity index (χ0) is 13.8. The molecule has 0 saturated heterocycles. The van der Waals surface area contributed by atoms with Crippen molar-refractivity contribution < 1.29 is 14.3 Å². The fourth-order valence-corrected chi connectivity index (χ4v) is 1.94. The summed E-state index contributed by atoms with van der Waals surface area (Å²) in [6.45, 7) is 0.890. The summed E-state index contributed by atoms with van der Waals surface area (Å²) in [4.78, 5) is 11.4. The number of amides is 1. The fraction of sp³-hybridized carbons (Fsp3) is 0.231. The SMILES string of the molecule is CNC(=O)/C(C#N)=C/c1cc(Cl)c2c(c1)OCCO2. The number of hydrogen-bond donors (Lipinski definition) is 1. The van der Waals surface area contributed by atoms with Crippen LogP contribution in [0.15, 0.2) is 17.7 Å². The molecule has 2 rings (SSSR count). The van der Waals surface area contributed by atoms with Crippen LogP contribution in [0.5, 0.6) is 11.5 Å². The van der Waals surface area contributed by atoms with Crippen LogP contribution in [-0.2, 0) is 4.79 Å². The topological polar surface area (TPSA) is 71.4 Å². The van der Waals surface area contributed by atoms with Gasteiger partial charge in [-0.1, -0.05) is 11.6 Å². The quantitative estimate of drug-likeness (QED) is 0.661. The number of nitrogens with one attached hydrogen (secondary N) is 1. The van der Waals surface area contributed by atoms with Crippen LogP contribution < -0.4 is 14.8 Å². The minimum absolute atomic E-state index is 0.00440. The van der Waals surface area contributed by atoms with Gasteiger partial charge in [0.2, 0.25) is 0 Å². The number of carbonyl (C=O) groups excluding carboxylic acids is 1. The van der Waals surface area contributed by atoms with Gasteiger partial charge in [0, 0.05) is 7.05 Å². The molecule has 1 aliphatic heterocycles. The van der Waals surface area contributed by atoms with Gasteiger partial charge in [0.1, 0.15) is 24.9 Å². The number of benzene rings is 1. The largest absolute Gasteiger partial charge is 0.486 e. The molecule has 1 amide bonds. The first-order chi connectivity index (χ1) is 9.15. The first-order valence-electron chi connectivity index (χ1n) is 5.58. The number of halogens is 1. The molecule has 0 radical (unpaired) electrons. The smallest absolute Gasteiger partial charge is 0.261 e. The van der Waals surface area contributed by atoms with E-state index in [1.807, 2.05) is 6.07 Å². The number of rotatable bonds is 2. The van der Waals surface area contributed by atoms with Gasteiger partial charge in [-0.05, 0) is 23.8 Å². The molecule has 1 heterocycles. The standard InChI is InChI=1S/C13H11ClN2O3/c1-16-13(17)9(7-15)4-8-5-10(14)12-11(6-8)18-2-3-19-12/h4-6H,2-3H2,1H3,(H,16,17)/b9-4+. The van der Waals surface area contributed by atoms with E-state index in [0.717, 1.165) is 0 Å². The first-order valence-corrected chi connectivity index (χ1v) is 5.96. The lowest BCUT2D eigenvalue weighted by molar-refractivity contribution is -0.116. The van der Waals surface area contributed by atoms with Gasteiger partial charge in [0.15, 0.2) is 11.5 Å². The fourth-order valence-electron chi connectivity index (χ4n) is 1.66. The van der Waals surface area contributed by atoms with Gasteiger partial charge in [-0.3, -0.25) is 4.79 Å². The zero-order valence-electron chi connectivity index (χ0n) is 10.2. The Balaban J connectivity index is 2.41. The minimum atomic E-state index is -0.450. The van der Waals surface area contributed by atoms with Gasteiger partial charge in [-0.2, -0.15) is 5.26 Å². The van der Waals surface area contributed by atoms with E-state index in [1.54, 1.807) is 12.1 Å². The van der Waals surface area contributed by atoms with Crippen molar-refractivity contribution in [2.45, 2.75) is 0 Å². The van der Waals surface area contributed by atoms with E-state index in [-0.39, 0.29) is 5.57 Å². The molecule has 0 saturated carbocycles. The Morgan fingerprint density at radius 1 is 1.47 bits per heavy atom. The van der Waals surface area contributed by atoms with Gasteiger partial charge < -0.3 is 14.8 Å². The van der Waals surface area contributed by atoms with Crippen LogP contribution in [0.2, 0.25) is 5.02 Å². The number of nitriles is 1. The Morgan fingerprint density at radius 2 is 2.21 bits per heavy atom. The van der Waals surface area contributed by atoms with Crippen LogP contribution in [0.4, 0.5) is 0 Å². The maximum Gasteiger partial charge on any atom is 0.261 e. The number of ether oxygens (including phenoxy) is 2. The molecule has 19 heavy (non-hydrogen) atoms. The van der Waals surface area contributed by atoms with Crippen LogP contribution >= 0.6 is 11.6 Å². The lowest BCUT2D eigenvalue weighted by Crippen LogP contribution is -2.19. The molecule has 5 nitrogen and oxygen atoms in total. The number of carbonyl (C=O) groups is 1. The molecular weight excluding hydrogens is 268 g/mol. The monoisotopic (exact) mass is 278 g/mol. The van der Waals surface area contributed by atoms with Crippen molar-refractivity contribution in [2.75, 3.05) is 20.3 Å². The van der Waals surface area contributed by atoms with E-state index >= 15 is 0 Å². The van der Waals surface area contributed by atoms with Gasteiger partial charge in [-0.25, -0.2) is 0 Å². The normalized spacial score (nSPS) is 13.6. The highest BCUT2D eigenvalue weighted by Gasteiger charge is 2.16. The third kappa shape index (κ3) is 2.80. The van der Waals surface area contributed by atoms with Crippen molar-refractivity contribution in [1.29, 1.82) is 5.26 Å². The summed E-state index contributed by atoms with van der Waals surface area (Å²) < 4.78 is 10.8. The second kappa shape index (κ2) is 5.63. The summed E-state index contributed by atoms with van der Waals surface area (Å²) in [5.74, 6) is 0.552. The Labute approximate surface area is 115 Å². The van der Waals surface area contributed by atoms with Crippen molar-refractivity contribution in [3.63, 3.8) is 0 Å². The van der Waals surface area contributed by atoms with Gasteiger partial charge in [-0.15, -0.1) is 0 Å². The minimum Gasteiger partial charge on any atom is -0.486 e. The molecule has 1 N–H and O–H groups in total. The van der Waals surface area contributed by atoms with Crippen molar-refractivity contribution >= 4 is 23.6 Å². The second-order valence-corrected chi connectivity index (χ2v) is 4.18. The molecule has 98 valence electrons. The van der Waals surface area contributed by atoms with Crippen molar-refractivity contribution in [3.05, 3.63) is 28.3 Å². The summed E-state index contributed by atoms with van der Waals surface area (Å²) >= 11 is 6.07. The van der Waals surface area contributed by atoms with Crippen LogP contribution in [0.25, 0.3) is 6.08 Å². The summed E-state index contributed by atoms with van der Waals surface area (Å²) in [5.41, 5.74) is 0.602. The summed E-state index contributed by atoms with van der Waals surface area (Å²) in [7, 11) is 1.46. The molecule has 0 aromatic heterocycles. The van der Waals surface area contributed by atoms with Crippen LogP contribution in [0.3, 0.4) is 0 Å². The van der Waals surface area contributed by atoms with Gasteiger partial charge >= 0.3 is 0 Å². The van der Waals surface area contributed by atoms with E-state index in [4.69, 9.17) is 26.3 Å². The van der Waals surface area contributed by atoms with Crippen molar-refractivity contribution in [3.8, 4) is 17.6 Å². The van der Waals surface area contributed by atoms with Crippen LogP contribution in [0, 0.1) is 11.3 Å².